The Kier molecular flexibility index (Phi) is 6.50. The first kappa shape index (κ1) is 22.0. The van der Waals surface area contributed by atoms with Crippen LogP contribution in [0.25, 0.3) is 5.70 Å². The summed E-state index contributed by atoms with van der Waals surface area (Å²) in [5.74, 6) is -0.339. The molecule has 6 atom stereocenters. The minimum absolute atomic E-state index is 0.270. The summed E-state index contributed by atoms with van der Waals surface area (Å²) in [5.41, 5.74) is 1.79. The maximum absolute atomic E-state index is 10.7. The van der Waals surface area contributed by atoms with Crippen molar-refractivity contribution >= 4 is 29.7 Å². The van der Waals surface area contributed by atoms with Crippen LogP contribution in [0.4, 0.5) is 0 Å². The molecule has 0 bridgehead atoms. The summed E-state index contributed by atoms with van der Waals surface area (Å²) in [4.78, 5) is 2.51. The zero-order valence-corrected chi connectivity index (χ0v) is 18.0. The molecule has 0 unspecified atom stereocenters. The molecule has 1 aromatic carbocycles. The number of allylic oxidation sites excluding steroid dienone is 2. The molecule has 0 aliphatic carbocycles. The number of hydrogen-bond acceptors (Lipinski definition) is 9. The Morgan fingerprint density at radius 2 is 1.81 bits per heavy atom. The first-order chi connectivity index (χ1) is 15.0. The third-order valence-electron chi connectivity index (χ3n) is 5.53. The van der Waals surface area contributed by atoms with Gasteiger partial charge >= 0.3 is 0 Å². The van der Waals surface area contributed by atoms with E-state index in [-0.39, 0.29) is 10.9 Å². The average molecular weight is 459 g/mol. The van der Waals surface area contributed by atoms with Gasteiger partial charge in [0, 0.05) is 10.6 Å². The maximum atomic E-state index is 10.7. The fraction of sp³-hybridized carbons (Fsp3) is 0.318. The van der Waals surface area contributed by atoms with Crippen LogP contribution in [0.15, 0.2) is 64.5 Å². The first-order valence-electron chi connectivity index (χ1n) is 9.71. The summed E-state index contributed by atoms with van der Waals surface area (Å²) in [6.07, 6.45) is -4.89. The zero-order valence-electron chi connectivity index (χ0n) is 16.3. The Balaban J connectivity index is 1.86. The monoisotopic (exact) mass is 458 g/mol. The van der Waals surface area contributed by atoms with Crippen molar-refractivity contribution < 1.29 is 25.2 Å². The third-order valence-corrected chi connectivity index (χ3v) is 6.94. The number of hydrogen-bond donors (Lipinski definition) is 5. The van der Waals surface area contributed by atoms with E-state index < -0.39 is 37.3 Å². The highest BCUT2D eigenvalue weighted by atomic mass is 32.1. The normalized spacial score (nSPS) is 31.4. The second-order valence-corrected chi connectivity index (χ2v) is 8.75. The highest BCUT2D eigenvalue weighted by molar-refractivity contribution is 7.84. The van der Waals surface area contributed by atoms with E-state index in [1.165, 1.54) is 11.3 Å². The fourth-order valence-corrected chi connectivity index (χ4v) is 5.13. The fourth-order valence-electron chi connectivity index (χ4n) is 3.91. The van der Waals surface area contributed by atoms with Crippen LogP contribution in [-0.4, -0.2) is 62.6 Å². The van der Waals surface area contributed by atoms with Gasteiger partial charge in [-0.1, -0.05) is 36.4 Å². The van der Waals surface area contributed by atoms with E-state index in [9.17, 15) is 25.7 Å². The van der Waals surface area contributed by atoms with Gasteiger partial charge < -0.3 is 30.1 Å². The lowest BCUT2D eigenvalue weighted by atomic mass is 9.90. The molecule has 1 fully saturated rings. The largest absolute Gasteiger partial charge is 0.394 e. The number of rotatable bonds is 4. The molecular weight excluding hydrogens is 436 g/mol. The topological polar surface area (TPSA) is 117 Å². The SMILES string of the molecule is N#CC1=C(S)N([C@H]2O[C@@H](CO)[C@@H](O)[C@@H](O)[C@H]2O)C(c2ccccc2)=C[C@@H]1c1cccs1. The average Bonchev–Trinajstić information content (AvgIpc) is 3.33. The smallest absolute Gasteiger partial charge is 0.164 e. The van der Waals surface area contributed by atoms with Crippen molar-refractivity contribution in [3.63, 3.8) is 0 Å². The first-order valence-corrected chi connectivity index (χ1v) is 11.0. The van der Waals surface area contributed by atoms with Gasteiger partial charge in [-0.3, -0.25) is 0 Å². The van der Waals surface area contributed by atoms with Crippen molar-refractivity contribution in [1.82, 2.24) is 4.90 Å². The maximum Gasteiger partial charge on any atom is 0.164 e. The van der Waals surface area contributed by atoms with Gasteiger partial charge in [-0.2, -0.15) is 5.26 Å². The van der Waals surface area contributed by atoms with Gasteiger partial charge in [0.05, 0.1) is 29.2 Å². The lowest BCUT2D eigenvalue weighted by molar-refractivity contribution is -0.252. The molecule has 4 N–H and O–H groups in total. The van der Waals surface area contributed by atoms with E-state index in [2.05, 4.69) is 18.7 Å². The highest BCUT2D eigenvalue weighted by Crippen LogP contribution is 2.44. The minimum atomic E-state index is -1.55. The van der Waals surface area contributed by atoms with E-state index in [1.807, 2.05) is 53.9 Å². The van der Waals surface area contributed by atoms with Crippen LogP contribution in [0.3, 0.4) is 0 Å². The van der Waals surface area contributed by atoms with Crippen molar-refractivity contribution in [3.05, 3.63) is 75.0 Å². The molecule has 9 heteroatoms. The molecule has 4 rings (SSSR count). The molecule has 2 aliphatic heterocycles. The number of benzene rings is 1. The number of aliphatic hydroxyl groups excluding tert-OH is 4. The molecule has 1 saturated heterocycles. The summed E-state index contributed by atoms with van der Waals surface area (Å²) in [6.45, 7) is -0.547. The molecule has 3 heterocycles. The Morgan fingerprint density at radius 3 is 2.42 bits per heavy atom. The van der Waals surface area contributed by atoms with E-state index in [0.29, 0.717) is 11.3 Å². The molecule has 162 valence electrons. The molecule has 0 amide bonds. The predicted molar refractivity (Wildman–Crippen MR) is 119 cm³/mol. The Labute approximate surface area is 189 Å². The van der Waals surface area contributed by atoms with Gasteiger partial charge in [-0.25, -0.2) is 0 Å². The van der Waals surface area contributed by atoms with Gasteiger partial charge in [0.15, 0.2) is 6.23 Å². The molecular formula is C22H22N2O5S2. The number of ether oxygens (including phenoxy) is 1. The van der Waals surface area contributed by atoms with Crippen LogP contribution in [0, 0.1) is 11.3 Å². The lowest BCUT2D eigenvalue weighted by Gasteiger charge is -2.47. The summed E-state index contributed by atoms with van der Waals surface area (Å²) in [5, 5.41) is 53.0. The molecule has 0 radical (unpaired) electrons. The summed E-state index contributed by atoms with van der Waals surface area (Å²) >= 11 is 6.16. The molecule has 7 nitrogen and oxygen atoms in total. The quantitative estimate of drug-likeness (QED) is 0.442. The van der Waals surface area contributed by atoms with Crippen LogP contribution in [0.1, 0.15) is 16.4 Å². The van der Waals surface area contributed by atoms with E-state index in [1.54, 1.807) is 4.90 Å². The molecule has 31 heavy (non-hydrogen) atoms. The number of thiol groups is 1. The van der Waals surface area contributed by atoms with Crippen LogP contribution < -0.4 is 0 Å². The summed E-state index contributed by atoms with van der Waals surface area (Å²) in [6, 6.07) is 15.4. The highest BCUT2D eigenvalue weighted by Gasteiger charge is 2.48. The zero-order chi connectivity index (χ0) is 22.1. The lowest BCUT2D eigenvalue weighted by Crippen LogP contribution is -2.62. The van der Waals surface area contributed by atoms with E-state index in [0.717, 1.165) is 10.4 Å². The standard InChI is InChI=1S/C22H22N2O5S2/c23-10-14-13(17-7-4-8-31-17)9-15(12-5-2-1-3-6-12)24(22(14)30)21-20(28)19(27)18(26)16(11-25)29-21/h1-9,13,16,18-21,25-28,30H,11H2/t13-,16-,18+,19+,20+,21-/m0/s1. The molecule has 2 aromatic rings. The van der Waals surface area contributed by atoms with Gasteiger partial charge in [0.1, 0.15) is 24.4 Å². The van der Waals surface area contributed by atoms with E-state index in [4.69, 9.17) is 4.74 Å². The summed E-state index contributed by atoms with van der Waals surface area (Å²) in [7, 11) is 0. The van der Waals surface area contributed by atoms with Crippen LogP contribution in [0.5, 0.6) is 0 Å². The van der Waals surface area contributed by atoms with Crippen LogP contribution >= 0.6 is 24.0 Å². The summed E-state index contributed by atoms with van der Waals surface area (Å²) < 4.78 is 5.80. The number of nitrogens with zero attached hydrogens (tertiary/aromatic N) is 2. The molecule has 1 aromatic heterocycles. The van der Waals surface area contributed by atoms with Crippen molar-refractivity contribution in [2.24, 2.45) is 0 Å². The van der Waals surface area contributed by atoms with Gasteiger partial charge in [0.25, 0.3) is 0 Å². The van der Waals surface area contributed by atoms with Gasteiger partial charge in [-0.05, 0) is 23.1 Å². The predicted octanol–water partition coefficient (Wildman–Crippen LogP) is 1.65. The molecule has 0 spiro atoms. The van der Waals surface area contributed by atoms with Crippen LogP contribution in [-0.2, 0) is 4.74 Å². The van der Waals surface area contributed by atoms with Crippen molar-refractivity contribution in [2.75, 3.05) is 6.61 Å². The second-order valence-electron chi connectivity index (χ2n) is 7.35. The second kappa shape index (κ2) is 9.14. The van der Waals surface area contributed by atoms with Crippen molar-refractivity contribution in [2.45, 2.75) is 36.6 Å². The number of thiophene rings is 1. The third kappa shape index (κ3) is 3.92. The minimum Gasteiger partial charge on any atom is -0.394 e. The van der Waals surface area contributed by atoms with Crippen molar-refractivity contribution in [1.29, 1.82) is 5.26 Å². The molecule has 0 saturated carbocycles. The number of nitriles is 1. The van der Waals surface area contributed by atoms with Crippen LogP contribution in [0.2, 0.25) is 0 Å². The van der Waals surface area contributed by atoms with Gasteiger partial charge in [0.2, 0.25) is 0 Å². The van der Waals surface area contributed by atoms with Gasteiger partial charge in [-0.15, -0.1) is 24.0 Å². The number of aliphatic hydroxyl groups is 4. The Bertz CT molecular complexity index is 1020. The van der Waals surface area contributed by atoms with E-state index >= 15 is 0 Å². The molecule has 2 aliphatic rings. The Morgan fingerprint density at radius 1 is 1.06 bits per heavy atom. The Hall–Kier alpha value is -2.16. The van der Waals surface area contributed by atoms with Crippen molar-refractivity contribution in [3.8, 4) is 6.07 Å².